The Morgan fingerprint density at radius 1 is 1.11 bits per heavy atom. The fourth-order valence-corrected chi connectivity index (χ4v) is 2.43. The molecule has 0 aliphatic carbocycles. The van der Waals surface area contributed by atoms with Gasteiger partial charge in [-0.2, -0.15) is 0 Å². The van der Waals surface area contributed by atoms with Gasteiger partial charge in [0, 0.05) is 5.56 Å². The van der Waals surface area contributed by atoms with Crippen LogP contribution in [0.3, 0.4) is 0 Å². The standard InChI is InChI=1S/C20H22N2O5/c1-13-6-8-14(9-7-13)17(11-19(24)26-2)22-18(23)12-27-16-5-3-4-15(10-16)20(21)25/h3-10,17H,11-12H2,1-2H3,(H2,21,25)(H,22,23). The molecule has 0 aromatic heterocycles. The summed E-state index contributed by atoms with van der Waals surface area (Å²) in [6.45, 7) is 1.68. The Labute approximate surface area is 157 Å². The lowest BCUT2D eigenvalue weighted by Crippen LogP contribution is -2.34. The number of primary amides is 1. The summed E-state index contributed by atoms with van der Waals surface area (Å²) in [6, 6.07) is 13.2. The molecular weight excluding hydrogens is 348 g/mol. The van der Waals surface area contributed by atoms with E-state index >= 15 is 0 Å². The van der Waals surface area contributed by atoms with E-state index < -0.39 is 23.8 Å². The molecule has 0 aliphatic rings. The molecule has 0 fully saturated rings. The zero-order valence-electron chi connectivity index (χ0n) is 15.2. The highest BCUT2D eigenvalue weighted by molar-refractivity contribution is 5.93. The molecule has 0 radical (unpaired) electrons. The van der Waals surface area contributed by atoms with Gasteiger partial charge in [0.2, 0.25) is 5.91 Å². The van der Waals surface area contributed by atoms with Crippen LogP contribution in [0.25, 0.3) is 0 Å². The highest BCUT2D eigenvalue weighted by atomic mass is 16.5. The largest absolute Gasteiger partial charge is 0.484 e. The fraction of sp³-hybridized carbons (Fsp3) is 0.250. The Morgan fingerprint density at radius 3 is 2.44 bits per heavy atom. The minimum absolute atomic E-state index is 0.00244. The first kappa shape index (κ1) is 20.0. The maximum Gasteiger partial charge on any atom is 0.307 e. The normalized spacial score (nSPS) is 11.3. The van der Waals surface area contributed by atoms with Gasteiger partial charge >= 0.3 is 5.97 Å². The molecule has 1 atom stereocenters. The van der Waals surface area contributed by atoms with Crippen LogP contribution < -0.4 is 15.8 Å². The van der Waals surface area contributed by atoms with Crippen LogP contribution in [0.4, 0.5) is 0 Å². The first-order valence-electron chi connectivity index (χ1n) is 8.34. The van der Waals surface area contributed by atoms with Gasteiger partial charge in [0.15, 0.2) is 6.61 Å². The van der Waals surface area contributed by atoms with Crippen molar-refractivity contribution < 1.29 is 23.9 Å². The number of nitrogens with two attached hydrogens (primary N) is 1. The average molecular weight is 370 g/mol. The van der Waals surface area contributed by atoms with Gasteiger partial charge in [0.1, 0.15) is 5.75 Å². The van der Waals surface area contributed by atoms with Crippen molar-refractivity contribution in [1.29, 1.82) is 0 Å². The van der Waals surface area contributed by atoms with Gasteiger partial charge in [-0.05, 0) is 30.7 Å². The monoisotopic (exact) mass is 370 g/mol. The first-order valence-corrected chi connectivity index (χ1v) is 8.34. The molecule has 0 saturated carbocycles. The van der Waals surface area contributed by atoms with Gasteiger partial charge in [-0.25, -0.2) is 0 Å². The Kier molecular flexibility index (Phi) is 6.93. The van der Waals surface area contributed by atoms with E-state index in [1.54, 1.807) is 18.2 Å². The number of esters is 1. The second-order valence-corrected chi connectivity index (χ2v) is 5.99. The van der Waals surface area contributed by atoms with Crippen molar-refractivity contribution in [1.82, 2.24) is 5.32 Å². The number of amides is 2. The summed E-state index contributed by atoms with van der Waals surface area (Å²) in [5.74, 6) is -1.08. The van der Waals surface area contributed by atoms with Crippen molar-refractivity contribution in [2.75, 3.05) is 13.7 Å². The summed E-state index contributed by atoms with van der Waals surface area (Å²) >= 11 is 0. The van der Waals surface area contributed by atoms with Crippen molar-refractivity contribution in [3.8, 4) is 5.75 Å². The number of methoxy groups -OCH3 is 1. The minimum atomic E-state index is -0.581. The lowest BCUT2D eigenvalue weighted by molar-refractivity contribution is -0.141. The molecule has 0 aliphatic heterocycles. The number of nitrogens with one attached hydrogen (secondary N) is 1. The highest BCUT2D eigenvalue weighted by Crippen LogP contribution is 2.18. The molecule has 0 bridgehead atoms. The van der Waals surface area contributed by atoms with Crippen LogP contribution in [0.15, 0.2) is 48.5 Å². The summed E-state index contributed by atoms with van der Waals surface area (Å²) in [4.78, 5) is 35.1. The Bertz CT molecular complexity index is 817. The quantitative estimate of drug-likeness (QED) is 0.690. The smallest absolute Gasteiger partial charge is 0.307 e. The van der Waals surface area contributed by atoms with Crippen LogP contribution in [0.2, 0.25) is 0 Å². The van der Waals surface area contributed by atoms with E-state index in [1.807, 2.05) is 31.2 Å². The van der Waals surface area contributed by atoms with Crippen LogP contribution in [0.1, 0.15) is 33.9 Å². The molecule has 142 valence electrons. The maximum atomic E-state index is 12.3. The number of hydrogen-bond acceptors (Lipinski definition) is 5. The Hall–Kier alpha value is -3.35. The van der Waals surface area contributed by atoms with E-state index in [2.05, 4.69) is 5.32 Å². The number of rotatable bonds is 8. The van der Waals surface area contributed by atoms with Crippen molar-refractivity contribution >= 4 is 17.8 Å². The molecule has 7 heteroatoms. The molecule has 2 amide bonds. The number of aryl methyl sites for hydroxylation is 1. The van der Waals surface area contributed by atoms with E-state index in [9.17, 15) is 14.4 Å². The molecule has 27 heavy (non-hydrogen) atoms. The van der Waals surface area contributed by atoms with E-state index in [4.69, 9.17) is 15.2 Å². The molecule has 0 heterocycles. The molecule has 2 aromatic rings. The van der Waals surface area contributed by atoms with Crippen molar-refractivity contribution in [3.63, 3.8) is 0 Å². The molecule has 0 saturated heterocycles. The average Bonchev–Trinajstić information content (AvgIpc) is 2.66. The summed E-state index contributed by atoms with van der Waals surface area (Å²) in [5, 5.41) is 2.77. The Morgan fingerprint density at radius 2 is 1.81 bits per heavy atom. The summed E-state index contributed by atoms with van der Waals surface area (Å²) in [7, 11) is 1.30. The highest BCUT2D eigenvalue weighted by Gasteiger charge is 2.19. The minimum Gasteiger partial charge on any atom is -0.484 e. The second kappa shape index (κ2) is 9.38. The molecule has 3 N–H and O–H groups in total. The van der Waals surface area contributed by atoms with Crippen LogP contribution in [-0.2, 0) is 14.3 Å². The van der Waals surface area contributed by atoms with E-state index in [1.165, 1.54) is 13.2 Å². The van der Waals surface area contributed by atoms with Crippen LogP contribution in [0.5, 0.6) is 5.75 Å². The van der Waals surface area contributed by atoms with Crippen LogP contribution >= 0.6 is 0 Å². The lowest BCUT2D eigenvalue weighted by atomic mass is 10.0. The molecule has 2 aromatic carbocycles. The topological polar surface area (TPSA) is 108 Å². The molecule has 7 nitrogen and oxygen atoms in total. The zero-order valence-corrected chi connectivity index (χ0v) is 15.2. The second-order valence-electron chi connectivity index (χ2n) is 5.99. The summed E-state index contributed by atoms with van der Waals surface area (Å²) in [5.41, 5.74) is 7.37. The zero-order chi connectivity index (χ0) is 19.8. The van der Waals surface area contributed by atoms with Gasteiger partial charge in [-0.1, -0.05) is 35.9 Å². The molecular formula is C20H22N2O5. The lowest BCUT2D eigenvalue weighted by Gasteiger charge is -2.18. The van der Waals surface area contributed by atoms with Crippen LogP contribution in [0, 0.1) is 6.92 Å². The molecule has 2 rings (SSSR count). The summed E-state index contributed by atoms with van der Waals surface area (Å²) < 4.78 is 10.1. The Balaban J connectivity index is 2.02. The van der Waals surface area contributed by atoms with Gasteiger partial charge in [-0.15, -0.1) is 0 Å². The maximum absolute atomic E-state index is 12.3. The SMILES string of the molecule is COC(=O)CC(NC(=O)COc1cccc(C(N)=O)c1)c1ccc(C)cc1. The first-order chi connectivity index (χ1) is 12.9. The predicted octanol–water partition coefficient (Wildman–Crippen LogP) is 1.89. The number of ether oxygens (including phenoxy) is 2. The summed E-state index contributed by atoms with van der Waals surface area (Å²) in [6.07, 6.45) is 0.00244. The van der Waals surface area contributed by atoms with Gasteiger partial charge in [0.25, 0.3) is 5.91 Å². The third-order valence-corrected chi connectivity index (χ3v) is 3.90. The van der Waals surface area contributed by atoms with Crippen LogP contribution in [-0.4, -0.2) is 31.5 Å². The molecule has 0 spiro atoms. The molecule has 1 unspecified atom stereocenters. The predicted molar refractivity (Wildman–Crippen MR) is 99.2 cm³/mol. The third kappa shape index (κ3) is 6.14. The van der Waals surface area contributed by atoms with E-state index in [-0.39, 0.29) is 18.6 Å². The number of carbonyl (C=O) groups excluding carboxylic acids is 3. The fourth-order valence-electron chi connectivity index (χ4n) is 2.43. The number of benzene rings is 2. The van der Waals surface area contributed by atoms with Gasteiger partial charge < -0.3 is 20.5 Å². The van der Waals surface area contributed by atoms with Crippen molar-refractivity contribution in [2.24, 2.45) is 5.73 Å². The van der Waals surface area contributed by atoms with E-state index in [0.29, 0.717) is 5.75 Å². The van der Waals surface area contributed by atoms with Gasteiger partial charge in [0.05, 0.1) is 19.6 Å². The van der Waals surface area contributed by atoms with Gasteiger partial charge in [-0.3, -0.25) is 14.4 Å². The van der Waals surface area contributed by atoms with Crippen molar-refractivity contribution in [3.05, 3.63) is 65.2 Å². The third-order valence-electron chi connectivity index (χ3n) is 3.90. The van der Waals surface area contributed by atoms with Crippen molar-refractivity contribution in [2.45, 2.75) is 19.4 Å². The number of carbonyl (C=O) groups is 3. The van der Waals surface area contributed by atoms with E-state index in [0.717, 1.165) is 11.1 Å². The number of hydrogen-bond donors (Lipinski definition) is 2.